The summed E-state index contributed by atoms with van der Waals surface area (Å²) in [6, 6.07) is 13.4. The molecule has 1 heterocycles. The third-order valence-corrected chi connectivity index (χ3v) is 4.25. The highest BCUT2D eigenvalue weighted by atomic mass is 16.2. The largest absolute Gasteiger partial charge is 0.354 e. The van der Waals surface area contributed by atoms with E-state index >= 15 is 0 Å². The van der Waals surface area contributed by atoms with E-state index in [-0.39, 0.29) is 17.3 Å². The second-order valence-electron chi connectivity index (χ2n) is 6.35. The van der Waals surface area contributed by atoms with Gasteiger partial charge in [0.25, 0.3) is 17.7 Å². The van der Waals surface area contributed by atoms with Crippen LogP contribution in [0.5, 0.6) is 0 Å². The normalized spacial score (nSPS) is 10.2. The molecule has 0 aliphatic rings. The summed E-state index contributed by atoms with van der Waals surface area (Å²) in [6.07, 6.45) is 1.27. The second-order valence-corrected chi connectivity index (χ2v) is 6.35. The topological polar surface area (TPSA) is 145 Å². The minimum Gasteiger partial charge on any atom is -0.354 e. The van der Waals surface area contributed by atoms with Crippen LogP contribution in [0.3, 0.4) is 0 Å². The number of hydrogen-bond donors (Lipinski definition) is 5. The summed E-state index contributed by atoms with van der Waals surface area (Å²) in [4.78, 5) is 43.0. The van der Waals surface area contributed by atoms with E-state index in [1.807, 2.05) is 0 Å². The van der Waals surface area contributed by atoms with Crippen LogP contribution in [0, 0.1) is 0 Å². The molecule has 0 saturated carbocycles. The summed E-state index contributed by atoms with van der Waals surface area (Å²) in [5, 5.41) is 9.33. The van der Waals surface area contributed by atoms with Gasteiger partial charge in [-0.2, -0.15) is 0 Å². The standard InChI is InChI=1S/C20H21N7O3/c1-22-19(29)16-17(24-11-23-16)20(30)26-14-7-5-13(6-8-14)25-18(28)12-3-9-15(10-4-12)27(2)21/h3-11H,21H2,1-2H3,(H,22,29)(H,23,24)(H,25,28)(H,26,30). The van der Waals surface area contributed by atoms with E-state index in [0.717, 1.165) is 5.69 Å². The molecule has 154 valence electrons. The molecule has 3 rings (SSSR count). The number of benzene rings is 2. The Balaban J connectivity index is 1.63. The van der Waals surface area contributed by atoms with Crippen molar-refractivity contribution in [2.45, 2.75) is 0 Å². The maximum absolute atomic E-state index is 12.4. The fraction of sp³-hybridized carbons (Fsp3) is 0.100. The lowest BCUT2D eigenvalue weighted by Crippen LogP contribution is -2.25. The smallest absolute Gasteiger partial charge is 0.276 e. The van der Waals surface area contributed by atoms with Crippen LogP contribution in [0.4, 0.5) is 17.1 Å². The fourth-order valence-electron chi connectivity index (χ4n) is 2.64. The number of nitrogens with one attached hydrogen (secondary N) is 4. The number of H-pyrrole nitrogens is 1. The molecule has 0 bridgehead atoms. The fourth-order valence-corrected chi connectivity index (χ4v) is 2.64. The Morgan fingerprint density at radius 1 is 0.900 bits per heavy atom. The predicted octanol–water partition coefficient (Wildman–Crippen LogP) is 1.58. The quantitative estimate of drug-likeness (QED) is 0.310. The van der Waals surface area contributed by atoms with Crippen LogP contribution in [0.15, 0.2) is 54.9 Å². The molecule has 1 aromatic heterocycles. The molecule has 10 nitrogen and oxygen atoms in total. The van der Waals surface area contributed by atoms with Gasteiger partial charge in [0.2, 0.25) is 0 Å². The van der Waals surface area contributed by atoms with Crippen molar-refractivity contribution in [3.8, 4) is 0 Å². The molecular formula is C20H21N7O3. The lowest BCUT2D eigenvalue weighted by atomic mass is 10.2. The van der Waals surface area contributed by atoms with Gasteiger partial charge in [-0.15, -0.1) is 0 Å². The van der Waals surface area contributed by atoms with E-state index in [1.54, 1.807) is 55.6 Å². The number of imidazole rings is 1. The number of aromatic nitrogens is 2. The number of carbonyl (C=O) groups is 3. The molecule has 0 fully saturated rings. The Bertz CT molecular complexity index is 1060. The third kappa shape index (κ3) is 4.62. The van der Waals surface area contributed by atoms with Crippen molar-refractivity contribution in [1.29, 1.82) is 0 Å². The number of aromatic amines is 1. The van der Waals surface area contributed by atoms with Gasteiger partial charge in [0.15, 0.2) is 5.69 Å². The summed E-state index contributed by atoms with van der Waals surface area (Å²) >= 11 is 0. The molecule has 6 N–H and O–H groups in total. The van der Waals surface area contributed by atoms with E-state index in [9.17, 15) is 14.4 Å². The first-order chi connectivity index (χ1) is 14.4. The molecule has 10 heteroatoms. The summed E-state index contributed by atoms with van der Waals surface area (Å²) < 4.78 is 0. The zero-order valence-corrected chi connectivity index (χ0v) is 16.4. The molecule has 3 amide bonds. The van der Waals surface area contributed by atoms with Gasteiger partial charge in [0, 0.05) is 31.0 Å². The molecule has 0 spiro atoms. The SMILES string of the molecule is CNC(=O)c1[nH]cnc1C(=O)Nc1ccc(NC(=O)c2ccc(N(C)N)cc2)cc1. The number of carbonyl (C=O) groups excluding carboxylic acids is 3. The number of nitrogens with two attached hydrogens (primary N) is 1. The molecule has 0 unspecified atom stereocenters. The monoisotopic (exact) mass is 407 g/mol. The Morgan fingerprint density at radius 2 is 1.47 bits per heavy atom. The molecule has 30 heavy (non-hydrogen) atoms. The van der Waals surface area contributed by atoms with Gasteiger partial charge in [-0.05, 0) is 48.5 Å². The number of nitrogens with zero attached hydrogens (tertiary/aromatic N) is 2. The van der Waals surface area contributed by atoms with Crippen molar-refractivity contribution in [3.63, 3.8) is 0 Å². The number of hydrogen-bond acceptors (Lipinski definition) is 6. The molecule has 2 aromatic carbocycles. The zero-order chi connectivity index (χ0) is 21.7. The van der Waals surface area contributed by atoms with E-state index in [2.05, 4.69) is 25.9 Å². The highest BCUT2D eigenvalue weighted by Gasteiger charge is 2.19. The molecule has 3 aromatic rings. The van der Waals surface area contributed by atoms with Crippen LogP contribution in [-0.4, -0.2) is 41.8 Å². The van der Waals surface area contributed by atoms with Crippen molar-refractivity contribution in [3.05, 3.63) is 71.8 Å². The number of anilines is 3. The number of amides is 3. The van der Waals surface area contributed by atoms with Gasteiger partial charge in [0.1, 0.15) is 5.69 Å². The van der Waals surface area contributed by atoms with Gasteiger partial charge in [-0.3, -0.25) is 14.4 Å². The first kappa shape index (κ1) is 20.6. The molecule has 0 aliphatic carbocycles. The van der Waals surface area contributed by atoms with Crippen LogP contribution in [0.1, 0.15) is 31.3 Å². The Morgan fingerprint density at radius 3 is 2.00 bits per heavy atom. The Hall–Kier alpha value is -4.18. The summed E-state index contributed by atoms with van der Waals surface area (Å²) in [5.41, 5.74) is 2.37. The maximum atomic E-state index is 12.4. The van der Waals surface area contributed by atoms with Crippen LogP contribution in [0.25, 0.3) is 0 Å². The summed E-state index contributed by atoms with van der Waals surface area (Å²) in [7, 11) is 3.17. The van der Waals surface area contributed by atoms with Crippen LogP contribution in [-0.2, 0) is 0 Å². The van der Waals surface area contributed by atoms with Gasteiger partial charge in [-0.1, -0.05) is 0 Å². The van der Waals surface area contributed by atoms with Crippen LogP contribution < -0.4 is 26.8 Å². The summed E-state index contributed by atoms with van der Waals surface area (Å²) in [6.45, 7) is 0. The predicted molar refractivity (Wildman–Crippen MR) is 113 cm³/mol. The maximum Gasteiger partial charge on any atom is 0.276 e. The van der Waals surface area contributed by atoms with E-state index in [1.165, 1.54) is 18.4 Å². The van der Waals surface area contributed by atoms with E-state index in [4.69, 9.17) is 5.84 Å². The Labute approximate surface area is 172 Å². The number of hydrazine groups is 1. The average molecular weight is 407 g/mol. The highest BCUT2D eigenvalue weighted by molar-refractivity contribution is 6.10. The molecular weight excluding hydrogens is 386 g/mol. The lowest BCUT2D eigenvalue weighted by Gasteiger charge is -2.12. The average Bonchev–Trinajstić information content (AvgIpc) is 3.24. The lowest BCUT2D eigenvalue weighted by molar-refractivity contribution is 0.0943. The van der Waals surface area contributed by atoms with Crippen molar-refractivity contribution in [2.24, 2.45) is 5.84 Å². The molecule has 0 saturated heterocycles. The van der Waals surface area contributed by atoms with Crippen molar-refractivity contribution >= 4 is 34.8 Å². The van der Waals surface area contributed by atoms with Crippen molar-refractivity contribution < 1.29 is 14.4 Å². The third-order valence-electron chi connectivity index (χ3n) is 4.25. The van der Waals surface area contributed by atoms with Gasteiger partial charge >= 0.3 is 0 Å². The van der Waals surface area contributed by atoms with Crippen LogP contribution in [0.2, 0.25) is 0 Å². The van der Waals surface area contributed by atoms with Gasteiger partial charge < -0.3 is 25.9 Å². The minimum absolute atomic E-state index is 0.0155. The van der Waals surface area contributed by atoms with Gasteiger partial charge in [0.05, 0.1) is 12.0 Å². The Kier molecular flexibility index (Phi) is 6.08. The minimum atomic E-state index is -0.531. The molecule has 0 aliphatic heterocycles. The first-order valence-corrected chi connectivity index (χ1v) is 8.95. The van der Waals surface area contributed by atoms with Gasteiger partial charge in [-0.25, -0.2) is 10.8 Å². The molecule has 0 atom stereocenters. The van der Waals surface area contributed by atoms with Crippen molar-refractivity contribution in [2.75, 3.05) is 29.7 Å². The first-order valence-electron chi connectivity index (χ1n) is 8.95. The van der Waals surface area contributed by atoms with Crippen LogP contribution >= 0.6 is 0 Å². The highest BCUT2D eigenvalue weighted by Crippen LogP contribution is 2.17. The van der Waals surface area contributed by atoms with E-state index < -0.39 is 11.8 Å². The summed E-state index contributed by atoms with van der Waals surface area (Å²) in [5.74, 6) is 4.40. The van der Waals surface area contributed by atoms with Crippen molar-refractivity contribution in [1.82, 2.24) is 15.3 Å². The molecule has 0 radical (unpaired) electrons. The zero-order valence-electron chi connectivity index (χ0n) is 16.4. The van der Waals surface area contributed by atoms with E-state index in [0.29, 0.717) is 16.9 Å². The second kappa shape index (κ2) is 8.88. The number of rotatable bonds is 6.